The van der Waals surface area contributed by atoms with Gasteiger partial charge < -0.3 is 10.2 Å². The highest BCUT2D eigenvalue weighted by Crippen LogP contribution is 2.38. The average Bonchev–Trinajstić information content (AvgIpc) is 3.02. The van der Waals surface area contributed by atoms with Crippen LogP contribution < -0.4 is 5.32 Å². The van der Waals surface area contributed by atoms with E-state index in [1.165, 1.54) is 29.2 Å². The van der Waals surface area contributed by atoms with Gasteiger partial charge in [-0.1, -0.05) is 30.3 Å². The van der Waals surface area contributed by atoms with Crippen molar-refractivity contribution in [3.8, 4) is 0 Å². The summed E-state index contributed by atoms with van der Waals surface area (Å²) in [7, 11) is 0. The lowest BCUT2D eigenvalue weighted by molar-refractivity contribution is -0.192. The number of hydrogen-bond donors (Lipinski definition) is 2. The molecule has 2 N–H and O–H groups in total. The zero-order valence-corrected chi connectivity index (χ0v) is 13.0. The van der Waals surface area contributed by atoms with Crippen LogP contribution in [-0.2, 0) is 18.5 Å². The minimum atomic E-state index is -4.63. The lowest BCUT2D eigenvalue weighted by Gasteiger charge is -2.36. The van der Waals surface area contributed by atoms with Crippen LogP contribution in [0.25, 0.3) is 0 Å². The molecular formula is C16H17F3N4O. The molecule has 5 nitrogen and oxygen atoms in total. The Morgan fingerprint density at radius 1 is 1.29 bits per heavy atom. The number of rotatable bonds is 2. The number of nitrogens with one attached hydrogen (secondary N) is 2. The van der Waals surface area contributed by atoms with Crippen molar-refractivity contribution in [3.05, 3.63) is 53.3 Å². The SMILES string of the molecule is CC(NC(=O)N1CCc2cn[nH]c2C1)(c1ccccc1)C(F)(F)F. The van der Waals surface area contributed by atoms with Crippen LogP contribution in [0.1, 0.15) is 23.7 Å². The van der Waals surface area contributed by atoms with Gasteiger partial charge in [0.2, 0.25) is 0 Å². The van der Waals surface area contributed by atoms with Gasteiger partial charge in [-0.15, -0.1) is 0 Å². The Morgan fingerprint density at radius 3 is 2.67 bits per heavy atom. The fourth-order valence-electron chi connectivity index (χ4n) is 2.76. The third-order valence-electron chi connectivity index (χ3n) is 4.37. The molecule has 1 aliphatic rings. The molecule has 1 aromatic carbocycles. The molecule has 1 aliphatic heterocycles. The van der Waals surface area contributed by atoms with Crippen molar-refractivity contribution in [2.75, 3.05) is 6.54 Å². The van der Waals surface area contributed by atoms with Gasteiger partial charge in [0.15, 0.2) is 5.54 Å². The summed E-state index contributed by atoms with van der Waals surface area (Å²) in [5, 5.41) is 8.84. The maximum absolute atomic E-state index is 13.7. The molecule has 0 aliphatic carbocycles. The Bertz CT molecular complexity index is 728. The molecule has 1 unspecified atom stereocenters. The van der Waals surface area contributed by atoms with Gasteiger partial charge in [-0.3, -0.25) is 5.10 Å². The van der Waals surface area contributed by atoms with Crippen molar-refractivity contribution >= 4 is 6.03 Å². The van der Waals surface area contributed by atoms with Crippen LogP contribution >= 0.6 is 0 Å². The van der Waals surface area contributed by atoms with Crippen molar-refractivity contribution < 1.29 is 18.0 Å². The quantitative estimate of drug-likeness (QED) is 0.884. The van der Waals surface area contributed by atoms with Crippen molar-refractivity contribution in [2.45, 2.75) is 31.6 Å². The summed E-state index contributed by atoms with van der Waals surface area (Å²) in [4.78, 5) is 13.8. The van der Waals surface area contributed by atoms with Crippen molar-refractivity contribution in [1.29, 1.82) is 0 Å². The number of hydrogen-bond acceptors (Lipinski definition) is 2. The maximum Gasteiger partial charge on any atom is 0.415 e. The minimum Gasteiger partial charge on any atom is -0.320 e. The molecule has 2 amide bonds. The Balaban J connectivity index is 1.82. The molecule has 128 valence electrons. The fraction of sp³-hybridized carbons (Fsp3) is 0.375. The van der Waals surface area contributed by atoms with Crippen LogP contribution in [0.4, 0.5) is 18.0 Å². The molecule has 0 radical (unpaired) electrons. The second-order valence-electron chi connectivity index (χ2n) is 5.96. The van der Waals surface area contributed by atoms with E-state index in [0.29, 0.717) is 13.0 Å². The van der Waals surface area contributed by atoms with E-state index in [9.17, 15) is 18.0 Å². The number of halogens is 3. The monoisotopic (exact) mass is 338 g/mol. The van der Waals surface area contributed by atoms with E-state index >= 15 is 0 Å². The van der Waals surface area contributed by atoms with Crippen molar-refractivity contribution in [1.82, 2.24) is 20.4 Å². The second-order valence-corrected chi connectivity index (χ2v) is 5.96. The Kier molecular flexibility index (Phi) is 3.98. The molecule has 24 heavy (non-hydrogen) atoms. The maximum atomic E-state index is 13.7. The van der Waals surface area contributed by atoms with E-state index in [1.807, 2.05) is 0 Å². The predicted molar refractivity (Wildman–Crippen MR) is 81.1 cm³/mol. The lowest BCUT2D eigenvalue weighted by Crippen LogP contribution is -2.57. The van der Waals surface area contributed by atoms with Crippen molar-refractivity contribution in [2.24, 2.45) is 0 Å². The largest absolute Gasteiger partial charge is 0.415 e. The molecule has 2 heterocycles. The summed E-state index contributed by atoms with van der Waals surface area (Å²) in [6.07, 6.45) is -2.39. The standard InChI is InChI=1S/C16H17F3N4O/c1-15(16(17,18)19,12-5-3-2-4-6-12)21-14(24)23-8-7-11-9-20-22-13(11)10-23/h2-6,9H,7-8,10H2,1H3,(H,20,22)(H,21,24). The van der Waals surface area contributed by atoms with Gasteiger partial charge >= 0.3 is 12.2 Å². The highest BCUT2D eigenvalue weighted by molar-refractivity contribution is 5.75. The lowest BCUT2D eigenvalue weighted by atomic mass is 9.91. The molecule has 1 atom stereocenters. The molecule has 1 aromatic heterocycles. The van der Waals surface area contributed by atoms with E-state index in [-0.39, 0.29) is 12.1 Å². The summed E-state index contributed by atoms with van der Waals surface area (Å²) in [6.45, 7) is 1.54. The highest BCUT2D eigenvalue weighted by Gasteiger charge is 2.53. The third kappa shape index (κ3) is 2.83. The zero-order chi connectivity index (χ0) is 17.4. The molecule has 0 saturated carbocycles. The third-order valence-corrected chi connectivity index (χ3v) is 4.37. The molecule has 0 fully saturated rings. The van der Waals surface area contributed by atoms with E-state index in [1.54, 1.807) is 12.3 Å². The molecule has 0 spiro atoms. The van der Waals surface area contributed by atoms with Gasteiger partial charge in [0.1, 0.15) is 0 Å². The van der Waals surface area contributed by atoms with Crippen molar-refractivity contribution in [3.63, 3.8) is 0 Å². The Labute approximate surface area is 136 Å². The molecule has 8 heteroatoms. The van der Waals surface area contributed by atoms with Crippen LogP contribution in [0, 0.1) is 0 Å². The summed E-state index contributed by atoms with van der Waals surface area (Å²) >= 11 is 0. The molecular weight excluding hydrogens is 321 g/mol. The first-order valence-corrected chi connectivity index (χ1v) is 7.52. The van der Waals surface area contributed by atoms with Gasteiger partial charge in [-0.25, -0.2) is 4.79 Å². The first-order valence-electron chi connectivity index (χ1n) is 7.52. The number of aromatic nitrogens is 2. The topological polar surface area (TPSA) is 61.0 Å². The van der Waals surface area contributed by atoms with E-state index in [4.69, 9.17) is 0 Å². The van der Waals surface area contributed by atoms with Crippen LogP contribution in [0.2, 0.25) is 0 Å². The minimum absolute atomic E-state index is 0.00918. The summed E-state index contributed by atoms with van der Waals surface area (Å²) < 4.78 is 41.0. The smallest absolute Gasteiger partial charge is 0.320 e. The molecule has 0 bridgehead atoms. The van der Waals surface area contributed by atoms with Crippen LogP contribution in [-0.4, -0.2) is 33.8 Å². The number of fused-ring (bicyclic) bond motifs is 1. The average molecular weight is 338 g/mol. The number of aromatic amines is 1. The first kappa shape index (κ1) is 16.4. The summed E-state index contributed by atoms with van der Waals surface area (Å²) in [6, 6.07) is 6.63. The number of urea groups is 1. The zero-order valence-electron chi connectivity index (χ0n) is 13.0. The fourth-order valence-corrected chi connectivity index (χ4v) is 2.76. The molecule has 2 aromatic rings. The Hall–Kier alpha value is -2.51. The molecule has 3 rings (SSSR count). The number of alkyl halides is 3. The van der Waals surface area contributed by atoms with Crippen LogP contribution in [0.3, 0.4) is 0 Å². The number of H-pyrrole nitrogens is 1. The number of nitrogens with zero attached hydrogens (tertiary/aromatic N) is 2. The number of benzene rings is 1. The first-order chi connectivity index (χ1) is 11.3. The van der Waals surface area contributed by atoms with Gasteiger partial charge in [-0.05, 0) is 24.5 Å². The Morgan fingerprint density at radius 2 is 2.00 bits per heavy atom. The van der Waals surface area contributed by atoms with E-state index in [2.05, 4.69) is 15.5 Å². The predicted octanol–water partition coefficient (Wildman–Crippen LogP) is 2.96. The number of carbonyl (C=O) groups excluding carboxylic acids is 1. The number of amides is 2. The summed E-state index contributed by atoms with van der Waals surface area (Å²) in [5.74, 6) is 0. The molecule has 0 saturated heterocycles. The van der Waals surface area contributed by atoms with Gasteiger partial charge in [0.05, 0.1) is 18.4 Å². The number of carbonyl (C=O) groups is 1. The van der Waals surface area contributed by atoms with Crippen LogP contribution in [0.15, 0.2) is 36.5 Å². The van der Waals surface area contributed by atoms with E-state index < -0.39 is 17.7 Å². The van der Waals surface area contributed by atoms with Crippen LogP contribution in [0.5, 0.6) is 0 Å². The summed E-state index contributed by atoms with van der Waals surface area (Å²) in [5.41, 5.74) is -0.727. The van der Waals surface area contributed by atoms with Gasteiger partial charge in [-0.2, -0.15) is 18.3 Å². The van der Waals surface area contributed by atoms with Gasteiger partial charge in [0, 0.05) is 6.54 Å². The van der Waals surface area contributed by atoms with Gasteiger partial charge in [0.25, 0.3) is 0 Å². The highest BCUT2D eigenvalue weighted by atomic mass is 19.4. The van der Waals surface area contributed by atoms with E-state index in [0.717, 1.165) is 18.2 Å². The second kappa shape index (κ2) is 5.85. The normalized spacial score (nSPS) is 17.1.